The lowest BCUT2D eigenvalue weighted by atomic mass is 10.0. The van der Waals surface area contributed by atoms with Crippen molar-refractivity contribution in [1.82, 2.24) is 19.9 Å². The quantitative estimate of drug-likeness (QED) is 0.210. The van der Waals surface area contributed by atoms with Crippen LogP contribution in [0.5, 0.6) is 0 Å². The summed E-state index contributed by atoms with van der Waals surface area (Å²) < 4.78 is 71.9. The summed E-state index contributed by atoms with van der Waals surface area (Å²) in [6.45, 7) is 3.28. The molecule has 41 heavy (non-hydrogen) atoms. The van der Waals surface area contributed by atoms with Crippen LogP contribution < -0.4 is 10.6 Å². The van der Waals surface area contributed by atoms with Gasteiger partial charge in [-0.1, -0.05) is 6.07 Å². The van der Waals surface area contributed by atoms with Crippen LogP contribution in [0.1, 0.15) is 29.4 Å². The number of anilines is 2. The summed E-state index contributed by atoms with van der Waals surface area (Å²) in [7, 11) is 0. The van der Waals surface area contributed by atoms with Gasteiger partial charge in [-0.25, -0.2) is 18.7 Å². The molecule has 6 atom stereocenters. The van der Waals surface area contributed by atoms with Crippen molar-refractivity contribution >= 4 is 33.3 Å². The van der Waals surface area contributed by atoms with Gasteiger partial charge in [-0.05, 0) is 38.5 Å². The zero-order valence-corrected chi connectivity index (χ0v) is 22.2. The minimum absolute atomic E-state index is 0.0250. The van der Waals surface area contributed by atoms with Crippen LogP contribution in [-0.2, 0) is 0 Å². The van der Waals surface area contributed by atoms with E-state index in [0.29, 0.717) is 21.8 Å². The Morgan fingerprint density at radius 1 is 1.02 bits per heavy atom. The summed E-state index contributed by atoms with van der Waals surface area (Å²) in [6.07, 6.45) is -5.87. The molecule has 6 rings (SSSR count). The van der Waals surface area contributed by atoms with E-state index in [1.165, 1.54) is 18.3 Å². The van der Waals surface area contributed by atoms with Crippen LogP contribution in [0.2, 0.25) is 0 Å². The Balaban J connectivity index is 1.44. The number of hydrogen-bond donors (Lipinski definition) is 5. The minimum atomic E-state index is -5.13. The number of nitrogens with zero attached hydrogens (tertiary/aromatic N) is 4. The fourth-order valence-corrected chi connectivity index (χ4v) is 6.63. The predicted octanol–water partition coefficient (Wildman–Crippen LogP) is 4.03. The number of aromatic nitrogens is 4. The molecule has 2 fully saturated rings. The zero-order chi connectivity index (χ0) is 29.4. The Hall–Kier alpha value is -3.53. The fourth-order valence-electron chi connectivity index (χ4n) is 5.52. The summed E-state index contributed by atoms with van der Waals surface area (Å²) in [5.41, 5.74) is -1.19. The molecule has 0 radical (unpaired) electrons. The van der Waals surface area contributed by atoms with Crippen molar-refractivity contribution in [3.63, 3.8) is 0 Å². The van der Waals surface area contributed by atoms with Crippen LogP contribution in [0.25, 0.3) is 20.8 Å². The first-order chi connectivity index (χ1) is 19.3. The Kier molecular flexibility index (Phi) is 6.41. The summed E-state index contributed by atoms with van der Waals surface area (Å²) in [4.78, 5) is 17.3. The monoisotopic (exact) mass is 594 g/mol. The molecule has 1 aromatic carbocycles. The Morgan fingerprint density at radius 2 is 1.73 bits per heavy atom. The molecule has 4 aromatic rings. The summed E-state index contributed by atoms with van der Waals surface area (Å²) in [5, 5.41) is 36.7. The predicted molar refractivity (Wildman–Crippen MR) is 139 cm³/mol. The first-order valence-electron chi connectivity index (χ1n) is 12.5. The SMILES string of the molecule is Cc1nc(N[C@@H](c2c(F)cccc2F)C(F)(F)F)nc(N[C@@H]2C[C@@H]3C(O)[C@]3(O)[C@H]2O)c1-c1nc2c(C)nccc2s1. The van der Waals surface area contributed by atoms with Gasteiger partial charge in [0.1, 0.15) is 39.7 Å². The lowest BCUT2D eigenvalue weighted by molar-refractivity contribution is -0.145. The third-order valence-corrected chi connectivity index (χ3v) is 8.75. The Labute approximate surface area is 233 Å². The first kappa shape index (κ1) is 27.6. The molecule has 9 nitrogen and oxygen atoms in total. The normalized spacial score (nSPS) is 26.2. The molecule has 5 N–H and O–H groups in total. The van der Waals surface area contributed by atoms with Gasteiger partial charge < -0.3 is 26.0 Å². The number of benzene rings is 1. The van der Waals surface area contributed by atoms with Crippen LogP contribution in [-0.4, -0.2) is 65.3 Å². The van der Waals surface area contributed by atoms with Crippen LogP contribution in [0, 0.1) is 31.4 Å². The van der Waals surface area contributed by atoms with Crippen molar-refractivity contribution in [3.8, 4) is 10.6 Å². The van der Waals surface area contributed by atoms with Crippen molar-refractivity contribution in [1.29, 1.82) is 0 Å². The van der Waals surface area contributed by atoms with Gasteiger partial charge in [0, 0.05) is 12.1 Å². The maximum absolute atomic E-state index is 14.4. The molecule has 0 aliphatic heterocycles. The molecular formula is C26H23F5N6O3S. The number of pyridine rings is 1. The Bertz CT molecular complexity index is 1650. The molecule has 1 unspecified atom stereocenters. The molecule has 2 aliphatic carbocycles. The standard InChI is InChI=1S/C26H23F5N6O3S/c1-9-16(23-35-18-10(2)32-7-6-15(18)41-23)22(34-14-8-11-20(38)25(11,40)21(14)39)37-24(33-9)36-19(26(29,30)31)17-12(27)4-3-5-13(17)28/h3-7,11,14,19-21,38-40H,8H2,1-2H3,(H2,33,34,36,37)/t11-,14-,19+,20?,21+,25+/m1/s1. The van der Waals surface area contributed by atoms with Crippen LogP contribution in [0.3, 0.4) is 0 Å². The van der Waals surface area contributed by atoms with Gasteiger partial charge in [0.2, 0.25) is 5.95 Å². The van der Waals surface area contributed by atoms with E-state index in [1.54, 1.807) is 19.2 Å². The number of halogens is 5. The van der Waals surface area contributed by atoms with Crippen molar-refractivity contribution in [2.24, 2.45) is 5.92 Å². The summed E-state index contributed by atoms with van der Waals surface area (Å²) in [6, 6.07) is 0.503. The summed E-state index contributed by atoms with van der Waals surface area (Å²) >= 11 is 1.26. The van der Waals surface area contributed by atoms with Gasteiger partial charge >= 0.3 is 6.18 Å². The number of aliphatic hydroxyl groups excluding tert-OH is 2. The van der Waals surface area contributed by atoms with E-state index >= 15 is 0 Å². The molecular weight excluding hydrogens is 571 g/mol. The van der Waals surface area contributed by atoms with Crippen molar-refractivity contribution in [2.75, 3.05) is 10.6 Å². The van der Waals surface area contributed by atoms with Crippen molar-refractivity contribution in [3.05, 3.63) is 59.0 Å². The highest BCUT2D eigenvalue weighted by atomic mass is 32.1. The highest BCUT2D eigenvalue weighted by Gasteiger charge is 2.74. The van der Waals surface area contributed by atoms with Crippen LogP contribution >= 0.6 is 11.3 Å². The molecule has 3 heterocycles. The molecule has 2 aliphatic rings. The number of thiazole rings is 1. The van der Waals surface area contributed by atoms with E-state index in [1.807, 2.05) is 5.32 Å². The maximum atomic E-state index is 14.4. The van der Waals surface area contributed by atoms with E-state index in [-0.39, 0.29) is 17.9 Å². The molecule has 15 heteroatoms. The molecule has 216 valence electrons. The van der Waals surface area contributed by atoms with E-state index in [0.717, 1.165) is 22.9 Å². The highest BCUT2D eigenvalue weighted by Crippen LogP contribution is 2.56. The van der Waals surface area contributed by atoms with Gasteiger partial charge in [0.15, 0.2) is 6.04 Å². The molecule has 3 aromatic heterocycles. The summed E-state index contributed by atoms with van der Waals surface area (Å²) in [5.74, 6) is -4.00. The van der Waals surface area contributed by atoms with Gasteiger partial charge in [-0.3, -0.25) is 4.98 Å². The molecule has 0 spiro atoms. The van der Waals surface area contributed by atoms with Gasteiger partial charge in [-0.2, -0.15) is 18.2 Å². The van der Waals surface area contributed by atoms with Crippen molar-refractivity contribution in [2.45, 2.75) is 56.3 Å². The van der Waals surface area contributed by atoms with Crippen molar-refractivity contribution < 1.29 is 37.3 Å². The zero-order valence-electron chi connectivity index (χ0n) is 21.4. The molecule has 0 bridgehead atoms. The van der Waals surface area contributed by atoms with E-state index < -0.39 is 65.1 Å². The third kappa shape index (κ3) is 4.47. The number of hydrogen-bond acceptors (Lipinski definition) is 10. The minimum Gasteiger partial charge on any atom is -0.390 e. The number of rotatable bonds is 6. The first-order valence-corrected chi connectivity index (χ1v) is 13.4. The second kappa shape index (κ2) is 9.51. The second-order valence-corrected chi connectivity index (χ2v) is 11.3. The number of aliphatic hydroxyl groups is 3. The van der Waals surface area contributed by atoms with Crippen LogP contribution in [0.15, 0.2) is 30.5 Å². The lowest BCUT2D eigenvalue weighted by Gasteiger charge is -2.26. The maximum Gasteiger partial charge on any atom is 0.413 e. The Morgan fingerprint density at radius 3 is 2.34 bits per heavy atom. The third-order valence-electron chi connectivity index (χ3n) is 7.71. The average molecular weight is 595 g/mol. The van der Waals surface area contributed by atoms with Crippen LogP contribution in [0.4, 0.5) is 33.7 Å². The molecule has 2 saturated carbocycles. The number of fused-ring (bicyclic) bond motifs is 2. The number of nitrogens with one attached hydrogen (secondary N) is 2. The number of alkyl halides is 3. The topological polar surface area (TPSA) is 136 Å². The second-order valence-electron chi connectivity index (χ2n) is 10.2. The average Bonchev–Trinajstić information content (AvgIpc) is 3.17. The van der Waals surface area contributed by atoms with E-state index in [4.69, 9.17) is 0 Å². The largest absolute Gasteiger partial charge is 0.413 e. The highest BCUT2D eigenvalue weighted by molar-refractivity contribution is 7.21. The van der Waals surface area contributed by atoms with Gasteiger partial charge in [0.05, 0.1) is 39.4 Å². The molecule has 0 amide bonds. The number of aryl methyl sites for hydroxylation is 2. The lowest BCUT2D eigenvalue weighted by Crippen LogP contribution is -2.42. The fraction of sp³-hybridized carbons (Fsp3) is 0.385. The smallest absolute Gasteiger partial charge is 0.390 e. The van der Waals surface area contributed by atoms with E-state index in [2.05, 4.69) is 25.3 Å². The molecule has 0 saturated heterocycles. The van der Waals surface area contributed by atoms with Gasteiger partial charge in [-0.15, -0.1) is 11.3 Å². The van der Waals surface area contributed by atoms with E-state index in [9.17, 15) is 37.3 Å². The van der Waals surface area contributed by atoms with Gasteiger partial charge in [0.25, 0.3) is 0 Å².